The molecule has 0 aliphatic heterocycles. The monoisotopic (exact) mass is 274 g/mol. The molecule has 0 saturated carbocycles. The Bertz CT molecular complexity index is 588. The average Bonchev–Trinajstić information content (AvgIpc) is 2.39. The Labute approximate surface area is 118 Å². The summed E-state index contributed by atoms with van der Waals surface area (Å²) >= 11 is 0. The SMILES string of the molecule is Cc1cc(C)cc(C(O)COc2cccc(C)c2F)c1. The molecule has 1 unspecified atom stereocenters. The number of aliphatic hydroxyl groups excluding tert-OH is 1. The molecule has 2 aromatic carbocycles. The summed E-state index contributed by atoms with van der Waals surface area (Å²) in [6, 6.07) is 10.8. The fraction of sp³-hybridized carbons (Fsp3) is 0.294. The predicted octanol–water partition coefficient (Wildman–Crippen LogP) is 3.86. The van der Waals surface area contributed by atoms with Crippen molar-refractivity contribution in [1.29, 1.82) is 0 Å². The molecule has 0 fully saturated rings. The highest BCUT2D eigenvalue weighted by Crippen LogP contribution is 2.22. The molecule has 0 spiro atoms. The Hall–Kier alpha value is -1.87. The first kappa shape index (κ1) is 14.5. The van der Waals surface area contributed by atoms with Crippen LogP contribution in [0.25, 0.3) is 0 Å². The van der Waals surface area contributed by atoms with Gasteiger partial charge < -0.3 is 9.84 Å². The molecule has 1 N–H and O–H groups in total. The summed E-state index contributed by atoms with van der Waals surface area (Å²) in [5.41, 5.74) is 3.49. The number of rotatable bonds is 4. The van der Waals surface area contributed by atoms with Gasteiger partial charge >= 0.3 is 0 Å². The van der Waals surface area contributed by atoms with Crippen molar-refractivity contribution in [3.8, 4) is 5.75 Å². The van der Waals surface area contributed by atoms with E-state index in [4.69, 9.17) is 4.74 Å². The van der Waals surface area contributed by atoms with Crippen molar-refractivity contribution in [3.63, 3.8) is 0 Å². The highest BCUT2D eigenvalue weighted by atomic mass is 19.1. The van der Waals surface area contributed by atoms with Crippen molar-refractivity contribution in [3.05, 3.63) is 64.5 Å². The molecule has 0 saturated heterocycles. The summed E-state index contributed by atoms with van der Waals surface area (Å²) in [7, 11) is 0. The molecule has 0 aliphatic carbocycles. The van der Waals surface area contributed by atoms with Gasteiger partial charge in [-0.15, -0.1) is 0 Å². The van der Waals surface area contributed by atoms with Crippen LogP contribution in [0, 0.1) is 26.6 Å². The summed E-state index contributed by atoms with van der Waals surface area (Å²) in [6.07, 6.45) is -0.770. The maximum atomic E-state index is 13.8. The van der Waals surface area contributed by atoms with Crippen molar-refractivity contribution < 1.29 is 14.2 Å². The van der Waals surface area contributed by atoms with Crippen LogP contribution >= 0.6 is 0 Å². The standard InChI is InChI=1S/C17H19FO2/c1-11-7-12(2)9-14(8-11)15(19)10-20-16-6-4-5-13(3)17(16)18/h4-9,15,19H,10H2,1-3H3. The van der Waals surface area contributed by atoms with Gasteiger partial charge in [0.15, 0.2) is 11.6 Å². The molecule has 0 amide bonds. The Balaban J connectivity index is 2.08. The van der Waals surface area contributed by atoms with Gasteiger partial charge in [-0.05, 0) is 38.0 Å². The largest absolute Gasteiger partial charge is 0.487 e. The van der Waals surface area contributed by atoms with Gasteiger partial charge in [0.25, 0.3) is 0 Å². The van der Waals surface area contributed by atoms with E-state index >= 15 is 0 Å². The molecular weight excluding hydrogens is 255 g/mol. The second-order valence-corrected chi connectivity index (χ2v) is 5.13. The highest BCUT2D eigenvalue weighted by Gasteiger charge is 2.12. The van der Waals surface area contributed by atoms with Crippen molar-refractivity contribution in [2.24, 2.45) is 0 Å². The van der Waals surface area contributed by atoms with Gasteiger partial charge in [-0.1, -0.05) is 41.5 Å². The van der Waals surface area contributed by atoms with Crippen LogP contribution in [0.3, 0.4) is 0 Å². The van der Waals surface area contributed by atoms with Gasteiger partial charge in [-0.25, -0.2) is 4.39 Å². The Kier molecular flexibility index (Phi) is 4.40. The van der Waals surface area contributed by atoms with E-state index in [1.54, 1.807) is 25.1 Å². The lowest BCUT2D eigenvalue weighted by Gasteiger charge is -2.15. The number of ether oxygens (including phenoxy) is 1. The van der Waals surface area contributed by atoms with Crippen LogP contribution in [0.4, 0.5) is 4.39 Å². The topological polar surface area (TPSA) is 29.5 Å². The quantitative estimate of drug-likeness (QED) is 0.917. The highest BCUT2D eigenvalue weighted by molar-refractivity contribution is 5.32. The summed E-state index contributed by atoms with van der Waals surface area (Å²) in [5.74, 6) is -0.200. The number of aryl methyl sites for hydroxylation is 3. The van der Waals surface area contributed by atoms with Gasteiger partial charge in [-0.2, -0.15) is 0 Å². The molecule has 2 nitrogen and oxygen atoms in total. The van der Waals surface area contributed by atoms with E-state index in [9.17, 15) is 9.50 Å². The Morgan fingerprint density at radius 3 is 2.40 bits per heavy atom. The minimum atomic E-state index is -0.770. The zero-order chi connectivity index (χ0) is 14.7. The molecule has 2 rings (SSSR count). The Morgan fingerprint density at radius 1 is 1.10 bits per heavy atom. The number of benzene rings is 2. The first-order chi connectivity index (χ1) is 9.47. The molecule has 3 heteroatoms. The molecule has 0 heterocycles. The normalized spacial score (nSPS) is 12.2. The maximum absolute atomic E-state index is 13.8. The number of halogens is 1. The zero-order valence-electron chi connectivity index (χ0n) is 12.0. The predicted molar refractivity (Wildman–Crippen MR) is 77.5 cm³/mol. The minimum absolute atomic E-state index is 0.0310. The second kappa shape index (κ2) is 6.06. The van der Waals surface area contributed by atoms with Crippen LogP contribution in [-0.2, 0) is 0 Å². The van der Waals surface area contributed by atoms with Crippen LogP contribution in [0.1, 0.15) is 28.4 Å². The van der Waals surface area contributed by atoms with Crippen molar-refractivity contribution in [1.82, 2.24) is 0 Å². The summed E-state index contributed by atoms with van der Waals surface area (Å²) < 4.78 is 19.2. The number of aliphatic hydroxyl groups is 1. The van der Waals surface area contributed by atoms with Crippen LogP contribution in [0.15, 0.2) is 36.4 Å². The molecule has 0 aliphatic rings. The van der Waals surface area contributed by atoms with Gasteiger partial charge in [-0.3, -0.25) is 0 Å². The van der Waals surface area contributed by atoms with E-state index in [1.807, 2.05) is 32.0 Å². The van der Waals surface area contributed by atoms with E-state index in [0.717, 1.165) is 16.7 Å². The maximum Gasteiger partial charge on any atom is 0.167 e. The van der Waals surface area contributed by atoms with E-state index < -0.39 is 6.10 Å². The van der Waals surface area contributed by atoms with Crippen LogP contribution in [-0.4, -0.2) is 11.7 Å². The smallest absolute Gasteiger partial charge is 0.167 e. The third-order valence-electron chi connectivity index (χ3n) is 3.18. The third kappa shape index (κ3) is 3.36. The molecule has 0 aromatic heterocycles. The average molecular weight is 274 g/mol. The molecule has 2 aromatic rings. The molecule has 20 heavy (non-hydrogen) atoms. The van der Waals surface area contributed by atoms with Gasteiger partial charge in [0.05, 0.1) is 0 Å². The lowest BCUT2D eigenvalue weighted by atomic mass is 10.0. The van der Waals surface area contributed by atoms with E-state index in [-0.39, 0.29) is 18.2 Å². The zero-order valence-corrected chi connectivity index (χ0v) is 12.0. The second-order valence-electron chi connectivity index (χ2n) is 5.13. The van der Waals surface area contributed by atoms with E-state index in [1.165, 1.54) is 0 Å². The van der Waals surface area contributed by atoms with Crippen LogP contribution in [0.5, 0.6) is 5.75 Å². The lowest BCUT2D eigenvalue weighted by Crippen LogP contribution is -2.11. The molecule has 106 valence electrons. The first-order valence-corrected chi connectivity index (χ1v) is 6.61. The van der Waals surface area contributed by atoms with Gasteiger partial charge in [0.2, 0.25) is 0 Å². The molecule has 1 atom stereocenters. The van der Waals surface area contributed by atoms with Crippen molar-refractivity contribution in [2.75, 3.05) is 6.61 Å². The summed E-state index contributed by atoms with van der Waals surface area (Å²) in [5, 5.41) is 10.1. The van der Waals surface area contributed by atoms with E-state index in [0.29, 0.717) is 5.56 Å². The van der Waals surface area contributed by atoms with Crippen molar-refractivity contribution >= 4 is 0 Å². The number of hydrogen-bond donors (Lipinski definition) is 1. The molecular formula is C17H19FO2. The Morgan fingerprint density at radius 2 is 1.75 bits per heavy atom. The van der Waals surface area contributed by atoms with E-state index in [2.05, 4.69) is 0 Å². The minimum Gasteiger partial charge on any atom is -0.487 e. The van der Waals surface area contributed by atoms with Crippen LogP contribution in [0.2, 0.25) is 0 Å². The number of hydrogen-bond acceptors (Lipinski definition) is 2. The summed E-state index contributed by atoms with van der Waals surface area (Å²) in [4.78, 5) is 0. The fourth-order valence-electron chi connectivity index (χ4n) is 2.20. The third-order valence-corrected chi connectivity index (χ3v) is 3.18. The van der Waals surface area contributed by atoms with Gasteiger partial charge in [0, 0.05) is 0 Å². The first-order valence-electron chi connectivity index (χ1n) is 6.61. The molecule has 0 radical (unpaired) electrons. The molecule has 0 bridgehead atoms. The van der Waals surface area contributed by atoms with Crippen molar-refractivity contribution in [2.45, 2.75) is 26.9 Å². The van der Waals surface area contributed by atoms with Crippen LogP contribution < -0.4 is 4.74 Å². The lowest BCUT2D eigenvalue weighted by molar-refractivity contribution is 0.105. The fourth-order valence-corrected chi connectivity index (χ4v) is 2.20. The summed E-state index contributed by atoms with van der Waals surface area (Å²) in [6.45, 7) is 5.67. The van der Waals surface area contributed by atoms with Gasteiger partial charge in [0.1, 0.15) is 12.7 Å².